The number of anilines is 1. The summed E-state index contributed by atoms with van der Waals surface area (Å²) >= 11 is 0. The molecule has 1 aromatic rings. The van der Waals surface area contributed by atoms with Crippen LogP contribution in [0.2, 0.25) is 0 Å². The van der Waals surface area contributed by atoms with Gasteiger partial charge in [-0.1, -0.05) is 12.1 Å². The lowest BCUT2D eigenvalue weighted by atomic mass is 10.2. The summed E-state index contributed by atoms with van der Waals surface area (Å²) in [5.74, 6) is 0.528. The van der Waals surface area contributed by atoms with Gasteiger partial charge in [-0.25, -0.2) is 0 Å². The number of ether oxygens (including phenoxy) is 1. The lowest BCUT2D eigenvalue weighted by Crippen LogP contribution is -2.34. The summed E-state index contributed by atoms with van der Waals surface area (Å²) in [5, 5.41) is 2.85. The quantitative estimate of drug-likeness (QED) is 0.712. The third-order valence-corrected chi connectivity index (χ3v) is 3.55. The van der Waals surface area contributed by atoms with E-state index in [1.807, 2.05) is 45.3 Å². The fourth-order valence-electron chi connectivity index (χ4n) is 2.30. The number of carbonyl (C=O) groups excluding carboxylic acids is 2. The van der Waals surface area contributed by atoms with E-state index in [0.717, 1.165) is 13.0 Å². The average molecular weight is 335 g/mol. The lowest BCUT2D eigenvalue weighted by molar-refractivity contribution is -0.129. The lowest BCUT2D eigenvalue weighted by Gasteiger charge is -2.22. The van der Waals surface area contributed by atoms with Gasteiger partial charge in [-0.15, -0.1) is 0 Å². The second-order valence-corrected chi connectivity index (χ2v) is 5.89. The number of benzene rings is 1. The summed E-state index contributed by atoms with van der Waals surface area (Å²) in [6.45, 7) is 5.98. The van der Waals surface area contributed by atoms with Gasteiger partial charge in [0.15, 0.2) is 0 Å². The van der Waals surface area contributed by atoms with Crippen molar-refractivity contribution in [2.45, 2.75) is 26.7 Å². The minimum atomic E-state index is -0.124. The van der Waals surface area contributed by atoms with E-state index in [1.165, 1.54) is 6.92 Å². The number of hydrogen-bond acceptors (Lipinski definition) is 4. The van der Waals surface area contributed by atoms with Crippen molar-refractivity contribution in [2.24, 2.45) is 0 Å². The maximum atomic E-state index is 12.2. The van der Waals surface area contributed by atoms with E-state index < -0.39 is 0 Å². The molecule has 1 N–H and O–H groups in total. The number of carbonyl (C=O) groups is 2. The molecule has 0 unspecified atom stereocenters. The van der Waals surface area contributed by atoms with Crippen LogP contribution in [0, 0.1) is 0 Å². The molecule has 0 saturated carbocycles. The topological polar surface area (TPSA) is 61.9 Å². The third kappa shape index (κ3) is 7.46. The zero-order valence-electron chi connectivity index (χ0n) is 15.2. The van der Waals surface area contributed by atoms with Crippen molar-refractivity contribution in [3.05, 3.63) is 24.3 Å². The molecule has 0 aliphatic carbocycles. The summed E-state index contributed by atoms with van der Waals surface area (Å²) in [4.78, 5) is 27.7. The molecule has 0 aromatic heterocycles. The highest BCUT2D eigenvalue weighted by molar-refractivity contribution is 5.92. The van der Waals surface area contributed by atoms with Crippen molar-refractivity contribution in [1.29, 1.82) is 0 Å². The maximum absolute atomic E-state index is 12.2. The first kappa shape index (κ1) is 20.0. The van der Waals surface area contributed by atoms with E-state index in [9.17, 15) is 9.59 Å². The Bertz CT molecular complexity index is 532. The smallest absolute Gasteiger partial charge is 0.226 e. The molecule has 0 heterocycles. The molecule has 0 bridgehead atoms. The van der Waals surface area contributed by atoms with Gasteiger partial charge in [-0.05, 0) is 46.1 Å². The number of hydrogen-bond donors (Lipinski definition) is 1. The third-order valence-electron chi connectivity index (χ3n) is 3.55. The fraction of sp³-hybridized carbons (Fsp3) is 0.556. The highest BCUT2D eigenvalue weighted by atomic mass is 16.5. The highest BCUT2D eigenvalue weighted by Crippen LogP contribution is 2.23. The first-order valence-electron chi connectivity index (χ1n) is 8.36. The van der Waals surface area contributed by atoms with Crippen LogP contribution >= 0.6 is 0 Å². The molecule has 0 aliphatic heterocycles. The average Bonchev–Trinajstić information content (AvgIpc) is 2.52. The van der Waals surface area contributed by atoms with Crippen molar-refractivity contribution < 1.29 is 14.3 Å². The molecule has 24 heavy (non-hydrogen) atoms. The fourth-order valence-corrected chi connectivity index (χ4v) is 2.30. The normalized spacial score (nSPS) is 10.5. The number of para-hydroxylation sites is 2. The van der Waals surface area contributed by atoms with Crippen molar-refractivity contribution in [3.8, 4) is 5.75 Å². The van der Waals surface area contributed by atoms with Crippen LogP contribution in [-0.2, 0) is 9.59 Å². The SMILES string of the molecule is CCOc1ccccc1NC(=O)CCN(CCCN(C)C)C(C)=O. The Morgan fingerprint density at radius 1 is 1.12 bits per heavy atom. The van der Waals surface area contributed by atoms with Crippen LogP contribution in [0.15, 0.2) is 24.3 Å². The van der Waals surface area contributed by atoms with Crippen LogP contribution in [0.1, 0.15) is 26.7 Å². The Morgan fingerprint density at radius 2 is 1.83 bits per heavy atom. The molecular formula is C18H29N3O3. The molecule has 0 spiro atoms. The highest BCUT2D eigenvalue weighted by Gasteiger charge is 2.12. The summed E-state index contributed by atoms with van der Waals surface area (Å²) in [7, 11) is 4.00. The molecule has 0 saturated heterocycles. The predicted octanol–water partition coefficient (Wildman–Crippen LogP) is 2.21. The van der Waals surface area contributed by atoms with Gasteiger partial charge < -0.3 is 19.9 Å². The largest absolute Gasteiger partial charge is 0.492 e. The van der Waals surface area contributed by atoms with E-state index in [4.69, 9.17) is 4.74 Å². The van der Waals surface area contributed by atoms with E-state index >= 15 is 0 Å². The molecule has 0 fully saturated rings. The van der Waals surface area contributed by atoms with Crippen LogP contribution in [0.25, 0.3) is 0 Å². The predicted molar refractivity (Wildman–Crippen MR) is 96.3 cm³/mol. The van der Waals surface area contributed by atoms with Crippen molar-refractivity contribution >= 4 is 17.5 Å². The summed E-state index contributed by atoms with van der Waals surface area (Å²) < 4.78 is 5.49. The van der Waals surface area contributed by atoms with Crippen LogP contribution in [0.5, 0.6) is 5.75 Å². The van der Waals surface area contributed by atoms with E-state index in [-0.39, 0.29) is 18.2 Å². The molecule has 6 nitrogen and oxygen atoms in total. The number of amides is 2. The Labute approximate surface area is 144 Å². The monoisotopic (exact) mass is 335 g/mol. The van der Waals surface area contributed by atoms with Crippen molar-refractivity contribution in [3.63, 3.8) is 0 Å². The number of rotatable bonds is 10. The zero-order chi connectivity index (χ0) is 17.9. The van der Waals surface area contributed by atoms with Gasteiger partial charge >= 0.3 is 0 Å². The van der Waals surface area contributed by atoms with Crippen LogP contribution in [-0.4, -0.2) is 62.0 Å². The molecule has 6 heteroatoms. The Kier molecular flexibility index (Phi) is 8.86. The summed E-state index contributed by atoms with van der Waals surface area (Å²) in [5.41, 5.74) is 0.659. The second kappa shape index (κ2) is 10.6. The minimum absolute atomic E-state index is 0.00345. The first-order chi connectivity index (χ1) is 11.4. The standard InChI is InChI=1S/C18H29N3O3/c1-5-24-17-10-7-6-9-16(17)19-18(23)11-14-21(15(2)22)13-8-12-20(3)4/h6-7,9-10H,5,8,11-14H2,1-4H3,(H,19,23). The number of nitrogens with one attached hydrogen (secondary N) is 1. The molecule has 1 aromatic carbocycles. The van der Waals surface area contributed by atoms with Gasteiger partial charge in [0.1, 0.15) is 5.75 Å². The molecular weight excluding hydrogens is 306 g/mol. The minimum Gasteiger partial charge on any atom is -0.492 e. The van der Waals surface area contributed by atoms with Gasteiger partial charge in [0.25, 0.3) is 0 Å². The van der Waals surface area contributed by atoms with Crippen LogP contribution < -0.4 is 10.1 Å². The van der Waals surface area contributed by atoms with Crippen LogP contribution in [0.3, 0.4) is 0 Å². The summed E-state index contributed by atoms with van der Waals surface area (Å²) in [6, 6.07) is 7.34. The van der Waals surface area contributed by atoms with Gasteiger partial charge in [0.05, 0.1) is 12.3 Å². The van der Waals surface area contributed by atoms with E-state index in [1.54, 1.807) is 4.90 Å². The van der Waals surface area contributed by atoms with Crippen molar-refractivity contribution in [2.75, 3.05) is 45.7 Å². The number of nitrogens with zero attached hydrogens (tertiary/aromatic N) is 2. The Hall–Kier alpha value is -2.08. The van der Waals surface area contributed by atoms with E-state index in [0.29, 0.717) is 31.1 Å². The molecule has 1 rings (SSSR count). The first-order valence-corrected chi connectivity index (χ1v) is 8.36. The van der Waals surface area contributed by atoms with E-state index in [2.05, 4.69) is 10.2 Å². The second-order valence-electron chi connectivity index (χ2n) is 5.89. The van der Waals surface area contributed by atoms with Crippen molar-refractivity contribution in [1.82, 2.24) is 9.80 Å². The van der Waals surface area contributed by atoms with Gasteiger partial charge in [-0.3, -0.25) is 9.59 Å². The Morgan fingerprint density at radius 3 is 2.46 bits per heavy atom. The molecule has 0 atom stereocenters. The Balaban J connectivity index is 2.50. The van der Waals surface area contributed by atoms with Crippen LogP contribution in [0.4, 0.5) is 5.69 Å². The molecule has 134 valence electrons. The molecule has 2 amide bonds. The molecule has 0 radical (unpaired) electrons. The maximum Gasteiger partial charge on any atom is 0.226 e. The summed E-state index contributed by atoms with van der Waals surface area (Å²) in [6.07, 6.45) is 1.16. The zero-order valence-corrected chi connectivity index (χ0v) is 15.2. The van der Waals surface area contributed by atoms with Gasteiger partial charge in [-0.2, -0.15) is 0 Å². The molecule has 0 aliphatic rings. The van der Waals surface area contributed by atoms with Gasteiger partial charge in [0.2, 0.25) is 11.8 Å². The van der Waals surface area contributed by atoms with Gasteiger partial charge in [0, 0.05) is 26.4 Å².